The summed E-state index contributed by atoms with van der Waals surface area (Å²) in [6.07, 6.45) is 1.35. The van der Waals surface area contributed by atoms with Crippen molar-refractivity contribution in [3.8, 4) is 11.5 Å². The lowest BCUT2D eigenvalue weighted by molar-refractivity contribution is -0.386. The Morgan fingerprint density at radius 2 is 2.24 bits per heavy atom. The molecule has 0 saturated carbocycles. The van der Waals surface area contributed by atoms with Gasteiger partial charge in [0.05, 0.1) is 18.1 Å². The van der Waals surface area contributed by atoms with Crippen LogP contribution in [0.15, 0.2) is 29.2 Å². The number of nitrogen functional groups attached to an aromatic ring is 1. The summed E-state index contributed by atoms with van der Waals surface area (Å²) >= 11 is 0. The number of nitro groups is 1. The van der Waals surface area contributed by atoms with Gasteiger partial charge in [-0.2, -0.15) is 4.98 Å². The molecule has 1 aromatic carbocycles. The van der Waals surface area contributed by atoms with Gasteiger partial charge < -0.3 is 20.2 Å². The molecule has 0 radical (unpaired) electrons. The van der Waals surface area contributed by atoms with Crippen molar-refractivity contribution in [1.29, 1.82) is 0 Å². The third-order valence-electron chi connectivity index (χ3n) is 2.67. The largest absolute Gasteiger partial charge is 0.496 e. The Morgan fingerprint density at radius 1 is 1.48 bits per heavy atom. The molecule has 0 amide bonds. The van der Waals surface area contributed by atoms with E-state index in [-0.39, 0.29) is 23.9 Å². The van der Waals surface area contributed by atoms with Crippen LogP contribution in [0.25, 0.3) is 0 Å². The molecule has 1 heterocycles. The van der Waals surface area contributed by atoms with Crippen LogP contribution in [-0.4, -0.2) is 22.0 Å². The number of aromatic amines is 1. The monoisotopic (exact) mass is 292 g/mol. The molecule has 9 nitrogen and oxygen atoms in total. The number of nitrogens with two attached hydrogens (primary N) is 1. The van der Waals surface area contributed by atoms with Gasteiger partial charge in [0.1, 0.15) is 18.2 Å². The van der Waals surface area contributed by atoms with Gasteiger partial charge in [-0.3, -0.25) is 10.1 Å². The van der Waals surface area contributed by atoms with E-state index in [1.807, 2.05) is 0 Å². The molecule has 2 aromatic rings. The number of hydrogen-bond acceptors (Lipinski definition) is 7. The Hall–Kier alpha value is -3.10. The first-order valence-electron chi connectivity index (χ1n) is 5.80. The smallest absolute Gasteiger partial charge is 0.346 e. The van der Waals surface area contributed by atoms with E-state index in [2.05, 4.69) is 9.97 Å². The molecule has 1 aromatic heterocycles. The lowest BCUT2D eigenvalue weighted by Gasteiger charge is -2.08. The first-order valence-corrected chi connectivity index (χ1v) is 5.80. The van der Waals surface area contributed by atoms with Crippen LogP contribution in [0.5, 0.6) is 11.5 Å². The molecule has 0 fully saturated rings. The number of H-pyrrole nitrogens is 1. The Kier molecular flexibility index (Phi) is 4.02. The van der Waals surface area contributed by atoms with Crippen LogP contribution in [-0.2, 0) is 6.61 Å². The van der Waals surface area contributed by atoms with Gasteiger partial charge in [0.15, 0.2) is 5.75 Å². The molecule has 0 saturated heterocycles. The number of rotatable bonds is 5. The van der Waals surface area contributed by atoms with Crippen LogP contribution >= 0.6 is 0 Å². The molecular formula is C12H12N4O5. The third-order valence-corrected chi connectivity index (χ3v) is 2.67. The van der Waals surface area contributed by atoms with Crippen molar-refractivity contribution in [3.05, 3.63) is 50.6 Å². The molecule has 0 bridgehead atoms. The molecule has 110 valence electrons. The van der Waals surface area contributed by atoms with E-state index in [0.717, 1.165) is 0 Å². The average molecular weight is 292 g/mol. The van der Waals surface area contributed by atoms with Gasteiger partial charge in [-0.25, -0.2) is 4.79 Å². The Bertz CT molecular complexity index is 728. The van der Waals surface area contributed by atoms with E-state index in [1.54, 1.807) is 0 Å². The van der Waals surface area contributed by atoms with Crippen LogP contribution in [0.2, 0.25) is 0 Å². The summed E-state index contributed by atoms with van der Waals surface area (Å²) in [4.78, 5) is 27.2. The molecule has 2 rings (SSSR count). The summed E-state index contributed by atoms with van der Waals surface area (Å²) in [5, 5.41) is 11.0. The summed E-state index contributed by atoms with van der Waals surface area (Å²) in [5.74, 6) is 0.417. The summed E-state index contributed by atoms with van der Waals surface area (Å²) in [6.45, 7) is -0.0667. The zero-order chi connectivity index (χ0) is 15.4. The zero-order valence-electron chi connectivity index (χ0n) is 11.0. The number of hydrogen-bond donors (Lipinski definition) is 2. The van der Waals surface area contributed by atoms with Crippen LogP contribution < -0.4 is 20.9 Å². The number of nitrogens with one attached hydrogen (secondary N) is 1. The fraction of sp³-hybridized carbons (Fsp3) is 0.167. The number of nitro benzene ring substituents is 1. The van der Waals surface area contributed by atoms with Gasteiger partial charge >= 0.3 is 11.4 Å². The molecule has 21 heavy (non-hydrogen) atoms. The fourth-order valence-electron chi connectivity index (χ4n) is 1.60. The lowest BCUT2D eigenvalue weighted by atomic mass is 10.2. The second-order valence-corrected chi connectivity index (χ2v) is 4.00. The Balaban J connectivity index is 2.23. The summed E-state index contributed by atoms with van der Waals surface area (Å²) < 4.78 is 10.3. The number of ether oxygens (including phenoxy) is 2. The van der Waals surface area contributed by atoms with Gasteiger partial charge in [0.2, 0.25) is 0 Å². The van der Waals surface area contributed by atoms with Crippen molar-refractivity contribution < 1.29 is 14.4 Å². The highest BCUT2D eigenvalue weighted by Gasteiger charge is 2.17. The van der Waals surface area contributed by atoms with Crippen molar-refractivity contribution in [3.63, 3.8) is 0 Å². The molecule has 3 N–H and O–H groups in total. The van der Waals surface area contributed by atoms with Gasteiger partial charge in [-0.1, -0.05) is 0 Å². The maximum absolute atomic E-state index is 11.0. The Labute approximate surface area is 118 Å². The predicted octanol–water partition coefficient (Wildman–Crippen LogP) is 0.848. The molecule has 9 heteroatoms. The molecule has 0 spiro atoms. The zero-order valence-corrected chi connectivity index (χ0v) is 11.0. The SMILES string of the molecule is COc1ccc(OCc2c[nH]c(=O)nc2N)c([N+](=O)[O-])c1. The van der Waals surface area contributed by atoms with E-state index < -0.39 is 10.6 Å². The predicted molar refractivity (Wildman–Crippen MR) is 73.3 cm³/mol. The van der Waals surface area contributed by atoms with Crippen LogP contribution in [0.3, 0.4) is 0 Å². The highest BCUT2D eigenvalue weighted by atomic mass is 16.6. The van der Waals surface area contributed by atoms with Crippen LogP contribution in [0.1, 0.15) is 5.56 Å². The minimum absolute atomic E-state index is 0.00918. The first kappa shape index (κ1) is 14.3. The number of methoxy groups -OCH3 is 1. The van der Waals surface area contributed by atoms with Gasteiger partial charge in [0.25, 0.3) is 0 Å². The van der Waals surface area contributed by atoms with Crippen molar-refractivity contribution in [2.45, 2.75) is 6.61 Å². The molecule has 0 aliphatic heterocycles. The van der Waals surface area contributed by atoms with Gasteiger partial charge in [0, 0.05) is 11.8 Å². The molecule has 0 aliphatic carbocycles. The van der Waals surface area contributed by atoms with Crippen molar-refractivity contribution in [2.24, 2.45) is 0 Å². The summed E-state index contributed by atoms with van der Waals surface area (Å²) in [6, 6.07) is 4.22. The third kappa shape index (κ3) is 3.26. The fourth-order valence-corrected chi connectivity index (χ4v) is 1.60. The van der Waals surface area contributed by atoms with Crippen molar-refractivity contribution in [1.82, 2.24) is 9.97 Å². The van der Waals surface area contributed by atoms with E-state index in [9.17, 15) is 14.9 Å². The number of anilines is 1. The molecular weight excluding hydrogens is 280 g/mol. The number of nitrogens with zero attached hydrogens (tertiary/aromatic N) is 2. The number of aromatic nitrogens is 2. The summed E-state index contributed by atoms with van der Waals surface area (Å²) in [7, 11) is 1.41. The van der Waals surface area contributed by atoms with Crippen molar-refractivity contribution >= 4 is 11.5 Å². The van der Waals surface area contributed by atoms with Crippen LogP contribution in [0, 0.1) is 10.1 Å². The summed E-state index contributed by atoms with van der Waals surface area (Å²) in [5.41, 5.74) is 5.17. The molecule has 0 atom stereocenters. The topological polar surface area (TPSA) is 133 Å². The second kappa shape index (κ2) is 5.90. The van der Waals surface area contributed by atoms with E-state index in [0.29, 0.717) is 11.3 Å². The normalized spacial score (nSPS) is 10.1. The van der Waals surface area contributed by atoms with E-state index >= 15 is 0 Å². The minimum Gasteiger partial charge on any atom is -0.496 e. The van der Waals surface area contributed by atoms with Gasteiger partial charge in [-0.05, 0) is 12.1 Å². The average Bonchev–Trinajstić information content (AvgIpc) is 2.46. The highest BCUT2D eigenvalue weighted by molar-refractivity contribution is 5.51. The molecule has 0 unspecified atom stereocenters. The van der Waals surface area contributed by atoms with Crippen molar-refractivity contribution in [2.75, 3.05) is 12.8 Å². The molecule has 0 aliphatic rings. The number of benzene rings is 1. The second-order valence-electron chi connectivity index (χ2n) is 4.00. The van der Waals surface area contributed by atoms with Crippen LogP contribution in [0.4, 0.5) is 11.5 Å². The van der Waals surface area contributed by atoms with E-state index in [4.69, 9.17) is 15.2 Å². The minimum atomic E-state index is -0.577. The highest BCUT2D eigenvalue weighted by Crippen LogP contribution is 2.31. The first-order chi connectivity index (χ1) is 10.0. The quantitative estimate of drug-likeness (QED) is 0.616. The maximum Gasteiger partial charge on any atom is 0.346 e. The van der Waals surface area contributed by atoms with E-state index in [1.165, 1.54) is 31.5 Å². The lowest BCUT2D eigenvalue weighted by Crippen LogP contribution is -2.15. The van der Waals surface area contributed by atoms with Gasteiger partial charge in [-0.15, -0.1) is 0 Å². The standard InChI is InChI=1S/C12H12N4O5/c1-20-8-2-3-10(9(4-8)16(18)19)21-6-7-5-14-12(17)15-11(7)13/h2-5H,6H2,1H3,(H3,13,14,15,17). The Morgan fingerprint density at radius 3 is 2.86 bits per heavy atom. The maximum atomic E-state index is 11.0.